The van der Waals surface area contributed by atoms with E-state index in [0.717, 1.165) is 72.3 Å². The van der Waals surface area contributed by atoms with Gasteiger partial charge in [0.25, 0.3) is 10.1 Å². The summed E-state index contributed by atoms with van der Waals surface area (Å²) in [5, 5.41) is 128. The number of aromatic hydroxyl groups is 3. The Morgan fingerprint density at radius 3 is 1.88 bits per heavy atom. The summed E-state index contributed by atoms with van der Waals surface area (Å²) in [5.41, 5.74) is 4.10. The second kappa shape index (κ2) is 39.9. The van der Waals surface area contributed by atoms with Gasteiger partial charge < -0.3 is 127 Å². The molecule has 7 amide bonds. The topological polar surface area (TPSA) is 549 Å². The van der Waals surface area contributed by atoms with Crippen molar-refractivity contribution in [3.05, 3.63) is 209 Å². The zero-order valence-corrected chi connectivity index (χ0v) is 74.5. The highest BCUT2D eigenvalue weighted by Gasteiger charge is 2.53. The van der Waals surface area contributed by atoms with E-state index in [9.17, 15) is 68.8 Å². The van der Waals surface area contributed by atoms with E-state index >= 15 is 24.0 Å². The summed E-state index contributed by atoms with van der Waals surface area (Å²) in [5.74, 6) is -16.2. The molecule has 0 aliphatic carbocycles. The number of hydrogen-bond donors (Lipinski definition) is 18. The van der Waals surface area contributed by atoms with Crippen molar-refractivity contribution in [2.24, 2.45) is 11.7 Å². The van der Waals surface area contributed by atoms with Crippen molar-refractivity contribution < 1.29 is 130 Å². The molecule has 11 bridgehead atoms. The summed E-state index contributed by atoms with van der Waals surface area (Å²) in [6, 6.07) is 14.0. The number of ether oxygens (including phenoxy) is 7. The molecule has 7 aliphatic rings. The van der Waals surface area contributed by atoms with Crippen LogP contribution in [0.15, 0.2) is 138 Å². The molecule has 10 unspecified atom stereocenters. The van der Waals surface area contributed by atoms with Crippen LogP contribution in [0.4, 0.5) is 0 Å². The molecular formula is C89H95Cl4N9O27S. The molecule has 0 radical (unpaired) electrons. The second-order valence-corrected chi connectivity index (χ2v) is 36.1. The van der Waals surface area contributed by atoms with Crippen LogP contribution in [-0.2, 0) is 80.0 Å². The minimum atomic E-state index is -4.80. The average molecular weight is 1900 g/mol. The molecule has 15 rings (SSSR count). The summed E-state index contributed by atoms with van der Waals surface area (Å²) < 4.78 is 81.1. The number of aliphatic hydroxyl groups is 5. The van der Waals surface area contributed by atoms with Crippen molar-refractivity contribution >= 4 is 104 Å². The molecule has 692 valence electrons. The van der Waals surface area contributed by atoms with Gasteiger partial charge in [-0.3, -0.25) is 37.7 Å². The highest BCUT2D eigenvalue weighted by atomic mass is 35.5. The van der Waals surface area contributed by atoms with Crippen LogP contribution in [0.2, 0.25) is 20.1 Å². The Morgan fingerprint density at radius 1 is 0.646 bits per heavy atom. The number of carboxylic acid groups (broad SMARTS) is 1. The van der Waals surface area contributed by atoms with Gasteiger partial charge in [0.1, 0.15) is 102 Å². The quantitative estimate of drug-likeness (QED) is 0.0299. The van der Waals surface area contributed by atoms with Crippen molar-refractivity contribution in [3.8, 4) is 62.9 Å². The van der Waals surface area contributed by atoms with E-state index in [2.05, 4.69) is 42.5 Å². The van der Waals surface area contributed by atoms with Crippen molar-refractivity contribution in [1.29, 1.82) is 0 Å². The number of likely N-dealkylation sites (N-methyl/N-ethyl adjacent to an activating group) is 1. The minimum Gasteiger partial charge on any atom is -0.508 e. The van der Waals surface area contributed by atoms with E-state index in [-0.39, 0.29) is 59.1 Å². The fraction of sp³-hybridized carbons (Fsp3) is 0.371. The van der Waals surface area contributed by atoms with Gasteiger partial charge in [0.15, 0.2) is 29.9 Å². The number of carbonyl (C=O) groups excluding carboxylic acids is 7. The van der Waals surface area contributed by atoms with Gasteiger partial charge in [0.05, 0.1) is 56.3 Å². The second-order valence-electron chi connectivity index (χ2n) is 32.9. The molecule has 8 aromatic carbocycles. The molecule has 2 fully saturated rings. The molecule has 0 spiro atoms. The Kier molecular flexibility index (Phi) is 29.5. The van der Waals surface area contributed by atoms with Crippen LogP contribution >= 0.6 is 46.4 Å². The molecule has 7 aliphatic heterocycles. The first kappa shape index (κ1) is 96.3. The Morgan fingerprint density at radius 2 is 1.26 bits per heavy atom. The van der Waals surface area contributed by atoms with Gasteiger partial charge in [-0.05, 0) is 177 Å². The van der Waals surface area contributed by atoms with Crippen LogP contribution in [-0.4, -0.2) is 194 Å². The van der Waals surface area contributed by atoms with Crippen molar-refractivity contribution in [1.82, 2.24) is 42.5 Å². The summed E-state index contributed by atoms with van der Waals surface area (Å²) >= 11 is 26.9. The van der Waals surface area contributed by atoms with Gasteiger partial charge >= 0.3 is 5.97 Å². The smallest absolute Gasteiger partial charge is 0.330 e. The van der Waals surface area contributed by atoms with Gasteiger partial charge in [-0.25, -0.2) is 4.79 Å². The number of fused-ring (bicyclic) bond motifs is 15. The minimum absolute atomic E-state index is 0.107. The first-order chi connectivity index (χ1) is 61.5. The van der Waals surface area contributed by atoms with Crippen LogP contribution in [0.5, 0.6) is 51.7 Å². The number of aliphatic carboxylic acids is 1. The molecule has 0 aromatic heterocycles. The Hall–Kier alpha value is -11.2. The summed E-state index contributed by atoms with van der Waals surface area (Å²) in [4.78, 5) is 119. The highest BCUT2D eigenvalue weighted by molar-refractivity contribution is 7.86. The molecule has 18 atom stereocenters. The number of amides is 7. The molecule has 7 heterocycles. The van der Waals surface area contributed by atoms with E-state index in [1.807, 2.05) is 13.8 Å². The maximum absolute atomic E-state index is 16.4. The zero-order chi connectivity index (χ0) is 94.1. The molecular weight excluding hydrogens is 1800 g/mol. The van der Waals surface area contributed by atoms with E-state index in [4.69, 9.17) is 89.5 Å². The van der Waals surface area contributed by atoms with Gasteiger partial charge in [-0.1, -0.05) is 114 Å². The van der Waals surface area contributed by atoms with E-state index in [1.165, 1.54) is 40.0 Å². The lowest BCUT2D eigenvalue weighted by molar-refractivity contribution is -0.334. The monoisotopic (exact) mass is 1890 g/mol. The van der Waals surface area contributed by atoms with Crippen LogP contribution in [0.1, 0.15) is 133 Å². The number of phenolic OH excluding ortho intramolecular Hbond substituents is 3. The summed E-state index contributed by atoms with van der Waals surface area (Å²) in [6.07, 6.45) is -20.3. The molecule has 41 heteroatoms. The van der Waals surface area contributed by atoms with E-state index in [1.54, 1.807) is 68.4 Å². The first-order valence-corrected chi connectivity index (χ1v) is 43.8. The lowest BCUT2D eigenvalue weighted by Crippen LogP contribution is -2.65. The molecule has 19 N–H and O–H groups in total. The van der Waals surface area contributed by atoms with E-state index < -0.39 is 264 Å². The Balaban J connectivity index is 0.994. The maximum Gasteiger partial charge on any atom is 0.330 e. The summed E-state index contributed by atoms with van der Waals surface area (Å²) in [7, 11) is -3.34. The third kappa shape index (κ3) is 21.4. The number of nitrogens with one attached hydrogen (secondary N) is 8. The Labute approximate surface area is 764 Å². The number of carbonyl (C=O) groups is 8. The number of rotatable bonds is 22. The maximum atomic E-state index is 16.4. The van der Waals surface area contributed by atoms with Gasteiger partial charge in [0.2, 0.25) is 53.4 Å². The largest absolute Gasteiger partial charge is 0.508 e. The van der Waals surface area contributed by atoms with Crippen molar-refractivity contribution in [2.75, 3.05) is 13.7 Å². The zero-order valence-electron chi connectivity index (χ0n) is 70.7. The molecule has 130 heavy (non-hydrogen) atoms. The molecule has 8 aromatic rings. The fourth-order valence-electron chi connectivity index (χ4n) is 16.2. The number of hydrogen-bond acceptors (Lipinski definition) is 28. The standard InChI is InChI=1S/C89H95Cl4N9O27S/c1-37(2)21-56(95-8)81(112)101-71-73(107)45-13-19-60(54(92)26-45)125-62-28-47-29-63(77(62)129-88-78(76(110)75(109)64(127-88)36-123-130(120,121)79-39(4)22-38(3)23-40(79)5)128-66-33-89(7,80(111)41(6)124-66)96-34-42-9-15-49(16-10-42)122-35-43-11-17-52(90)53(91)24-43)126-61-20-14-46(27-55(61)93)74(108)72-86(117)100-70(87(118)119)51-30-48(103)31-59(105)67(51)50-25-44(12-18-58(50)104)68(83(114)102-72)99-84(115)69(47)98-82(113)57(32-65(94)106)97-85(71)116/h9-20,22-31,37,41,56-57,64,66,68-76,78,80,88,95-96,103-105,107-111H,21,32-36H2,1-8H3,(H2,94,106)(H,97,116)(H,98,113)(H,99,115)(H,100,117)(H,101,112)(H,102,114)(H,118,119)/t41?,56-,57+,64?,66?,68?,69-,70-,71-,72+,73-,74-,75?,76?,78?,80?,88?,89?/m1/s1. The molecule has 0 saturated carbocycles. The number of aryl methyl sites for hydroxylation is 3. The Bertz CT molecular complexity index is 5820. The van der Waals surface area contributed by atoms with Crippen LogP contribution in [0.3, 0.4) is 0 Å². The number of aliphatic hydroxyl groups excluding tert-OH is 5. The lowest BCUT2D eigenvalue weighted by atomic mass is 9.84. The van der Waals surface area contributed by atoms with Crippen molar-refractivity contribution in [3.63, 3.8) is 0 Å². The normalized spacial score (nSPS) is 25.6. The molecule has 2 saturated heterocycles. The average Bonchev–Trinajstić information content (AvgIpc) is 0.743. The van der Waals surface area contributed by atoms with Crippen LogP contribution < -0.4 is 67.2 Å². The number of carboxylic acids is 1. The van der Waals surface area contributed by atoms with Gasteiger partial charge in [0, 0.05) is 41.3 Å². The SMILES string of the molecule is CN[C@H](CC(C)C)C(=O)N[C@H]1C(=O)N[C@@H](CC(N)=O)C(=O)N[C@H]2C(=O)NC3C(=O)N[C@H](C(=O)N[C@@H](C(=O)O)c4cc(O)cc(O)c4-c4cc3ccc4O)[C@H](O)c3ccc(c(Cl)c3)Oc3cc2cc(c3OC2OC(COS(=O)(=O)c3c(C)cc(C)cc3C)C(O)C(O)C2OC2CC(C)(NCc3ccc(OCc4ccc(Cl)c(Cl)c4)cc3)C(O)C(C)O2)Oc2ccc(cc2Cl)[C@H]1O. The first-order valence-electron chi connectivity index (χ1n) is 40.9. The number of nitrogens with two attached hydrogens (primary N) is 1. The number of primary amides is 1. The summed E-state index contributed by atoms with van der Waals surface area (Å²) in [6.45, 7) is 10.8. The predicted molar refractivity (Wildman–Crippen MR) is 466 cm³/mol. The number of phenols is 3. The van der Waals surface area contributed by atoms with Gasteiger partial charge in [-0.2, -0.15) is 8.42 Å². The number of halogens is 4. The van der Waals surface area contributed by atoms with Crippen LogP contribution in [0, 0.1) is 26.7 Å². The molecule has 36 nitrogen and oxygen atoms in total. The van der Waals surface area contributed by atoms with Crippen LogP contribution in [0.25, 0.3) is 11.1 Å². The van der Waals surface area contributed by atoms with Crippen molar-refractivity contribution in [2.45, 2.75) is 195 Å². The predicted octanol–water partition coefficient (Wildman–Crippen LogP) is 7.16. The third-order valence-electron chi connectivity index (χ3n) is 22.8. The van der Waals surface area contributed by atoms with Gasteiger partial charge in [-0.15, -0.1) is 0 Å². The highest BCUT2D eigenvalue weighted by Crippen LogP contribution is 2.51. The number of benzene rings is 8. The lowest BCUT2D eigenvalue weighted by Gasteiger charge is -2.48. The third-order valence-corrected chi connectivity index (χ3v) is 25.7. The van der Waals surface area contributed by atoms with E-state index in [0.29, 0.717) is 26.9 Å². The fourth-order valence-corrected chi connectivity index (χ4v) is 18.3.